The number of fused-ring (bicyclic) bond motifs is 1. The average molecular weight is 363 g/mol. The fourth-order valence-electron chi connectivity index (χ4n) is 2.28. The van der Waals surface area contributed by atoms with E-state index in [-0.39, 0.29) is 5.75 Å². The lowest BCUT2D eigenvalue weighted by molar-refractivity contribution is -0.147. The molecule has 138 valence electrons. The minimum Gasteiger partial charge on any atom is -0.484 e. The second-order valence-corrected chi connectivity index (χ2v) is 5.64. The molecular weight excluding hydrogens is 346 g/mol. The van der Waals surface area contributed by atoms with Gasteiger partial charge in [0.1, 0.15) is 17.4 Å². The molecule has 26 heavy (non-hydrogen) atoms. The molecule has 0 saturated heterocycles. The number of hydrogen-bond acceptors (Lipinski definition) is 6. The molecule has 1 aromatic heterocycles. The van der Waals surface area contributed by atoms with Crippen molar-refractivity contribution in [3.8, 4) is 5.75 Å². The maximum absolute atomic E-state index is 11.8. The van der Waals surface area contributed by atoms with Crippen molar-refractivity contribution in [3.63, 3.8) is 0 Å². The van der Waals surface area contributed by atoms with E-state index in [1.54, 1.807) is 26.0 Å². The molecule has 1 atom stereocenters. The molecule has 0 aliphatic carbocycles. The Bertz CT molecular complexity index is 930. The lowest BCUT2D eigenvalue weighted by Crippen LogP contribution is -2.44. The summed E-state index contributed by atoms with van der Waals surface area (Å²) in [6, 6.07) is 3.15. The molecule has 1 aromatic carbocycles. The third-order valence-corrected chi connectivity index (χ3v) is 3.81. The molecular formula is C17H17NO8. The molecule has 0 unspecified atom stereocenters. The fourth-order valence-corrected chi connectivity index (χ4v) is 2.28. The third-order valence-electron chi connectivity index (χ3n) is 3.81. The monoisotopic (exact) mass is 363 g/mol. The van der Waals surface area contributed by atoms with Gasteiger partial charge in [-0.2, -0.15) is 0 Å². The van der Waals surface area contributed by atoms with Gasteiger partial charge in [0.05, 0.1) is 6.42 Å². The molecule has 3 N–H and O–H groups in total. The first-order valence-corrected chi connectivity index (χ1v) is 7.60. The number of carbonyl (C=O) groups excluding carboxylic acids is 1. The molecule has 0 saturated carbocycles. The van der Waals surface area contributed by atoms with E-state index in [1.807, 2.05) is 0 Å². The standard InChI is InChI=1S/C17H17NO8/c1-8-9(2)17(24)26-13-5-10(3-4-11(8)13)25-7-14(19)18-12(16(22)23)6-15(20)21/h3-5,12H,6-7H2,1-2H3,(H,18,19)(H,20,21)(H,22,23)/t12-/m0/s1. The summed E-state index contributed by atoms with van der Waals surface area (Å²) in [6.07, 6.45) is -0.749. The predicted molar refractivity (Wildman–Crippen MR) is 89.3 cm³/mol. The first-order valence-electron chi connectivity index (χ1n) is 7.60. The number of hydrogen-bond donors (Lipinski definition) is 3. The van der Waals surface area contributed by atoms with Crippen molar-refractivity contribution in [2.24, 2.45) is 0 Å². The molecule has 1 amide bonds. The van der Waals surface area contributed by atoms with Crippen molar-refractivity contribution in [1.29, 1.82) is 0 Å². The molecule has 2 aromatic rings. The van der Waals surface area contributed by atoms with E-state index in [2.05, 4.69) is 5.32 Å². The van der Waals surface area contributed by atoms with Gasteiger partial charge < -0.3 is 24.7 Å². The highest BCUT2D eigenvalue weighted by molar-refractivity contribution is 5.87. The summed E-state index contributed by atoms with van der Waals surface area (Å²) in [7, 11) is 0. The quantitative estimate of drug-likeness (QED) is 0.614. The molecule has 1 heterocycles. The number of amides is 1. The van der Waals surface area contributed by atoms with Crippen LogP contribution in [-0.4, -0.2) is 40.7 Å². The van der Waals surface area contributed by atoms with Crippen LogP contribution in [0.1, 0.15) is 17.5 Å². The van der Waals surface area contributed by atoms with Crippen molar-refractivity contribution in [2.45, 2.75) is 26.3 Å². The van der Waals surface area contributed by atoms with Gasteiger partial charge in [0.25, 0.3) is 5.91 Å². The lowest BCUT2D eigenvalue weighted by atomic mass is 10.1. The molecule has 9 heteroatoms. The van der Waals surface area contributed by atoms with Crippen LogP contribution in [0.2, 0.25) is 0 Å². The maximum atomic E-state index is 11.8. The van der Waals surface area contributed by atoms with Crippen molar-refractivity contribution in [2.75, 3.05) is 6.61 Å². The van der Waals surface area contributed by atoms with E-state index in [1.165, 1.54) is 6.07 Å². The van der Waals surface area contributed by atoms with Gasteiger partial charge in [-0.1, -0.05) is 0 Å². The number of aryl methyl sites for hydroxylation is 1. The molecule has 0 aliphatic heterocycles. The van der Waals surface area contributed by atoms with Crippen LogP contribution in [0, 0.1) is 13.8 Å². The lowest BCUT2D eigenvalue weighted by Gasteiger charge is -2.13. The van der Waals surface area contributed by atoms with Crippen molar-refractivity contribution >= 4 is 28.8 Å². The van der Waals surface area contributed by atoms with Crippen LogP contribution in [0.15, 0.2) is 27.4 Å². The Hall–Kier alpha value is -3.36. The Kier molecular flexibility index (Phi) is 5.61. The number of aliphatic carboxylic acids is 2. The summed E-state index contributed by atoms with van der Waals surface area (Å²) in [5, 5.41) is 20.3. The second kappa shape index (κ2) is 7.68. The van der Waals surface area contributed by atoms with E-state index < -0.39 is 42.5 Å². The van der Waals surface area contributed by atoms with Crippen LogP contribution in [-0.2, 0) is 14.4 Å². The molecule has 9 nitrogen and oxygen atoms in total. The van der Waals surface area contributed by atoms with Crippen molar-refractivity contribution in [1.82, 2.24) is 5.32 Å². The van der Waals surface area contributed by atoms with Gasteiger partial charge in [-0.15, -0.1) is 0 Å². The highest BCUT2D eigenvalue weighted by Crippen LogP contribution is 2.23. The highest BCUT2D eigenvalue weighted by Gasteiger charge is 2.23. The van der Waals surface area contributed by atoms with Gasteiger partial charge in [-0.3, -0.25) is 9.59 Å². The molecule has 0 radical (unpaired) electrons. The zero-order valence-corrected chi connectivity index (χ0v) is 14.1. The summed E-state index contributed by atoms with van der Waals surface area (Å²) in [5.74, 6) is -3.36. The molecule has 0 fully saturated rings. The van der Waals surface area contributed by atoms with Crippen LogP contribution >= 0.6 is 0 Å². The maximum Gasteiger partial charge on any atom is 0.339 e. The molecule has 2 rings (SSSR count). The summed E-state index contributed by atoms with van der Waals surface area (Å²) in [4.78, 5) is 45.0. The zero-order valence-electron chi connectivity index (χ0n) is 14.1. The number of carbonyl (C=O) groups is 3. The first kappa shape index (κ1) is 19.0. The first-order chi connectivity index (χ1) is 12.2. The zero-order chi connectivity index (χ0) is 19.4. The van der Waals surface area contributed by atoms with E-state index in [0.29, 0.717) is 11.1 Å². The number of carboxylic acids is 2. The van der Waals surface area contributed by atoms with Crippen LogP contribution < -0.4 is 15.7 Å². The molecule has 0 bridgehead atoms. The normalized spacial score (nSPS) is 11.8. The Labute approximate surface area is 147 Å². The van der Waals surface area contributed by atoms with Crippen molar-refractivity contribution < 1.29 is 33.8 Å². The summed E-state index contributed by atoms with van der Waals surface area (Å²) < 4.78 is 10.4. The number of ether oxygens (including phenoxy) is 1. The number of rotatable bonds is 7. The Balaban J connectivity index is 2.08. The minimum atomic E-state index is -1.55. The van der Waals surface area contributed by atoms with E-state index in [0.717, 1.165) is 10.9 Å². The number of carboxylic acid groups (broad SMARTS) is 2. The molecule has 0 aliphatic rings. The Morgan fingerprint density at radius 1 is 1.19 bits per heavy atom. The topological polar surface area (TPSA) is 143 Å². The van der Waals surface area contributed by atoms with Crippen LogP contribution in [0.25, 0.3) is 11.0 Å². The second-order valence-electron chi connectivity index (χ2n) is 5.64. The molecule has 0 spiro atoms. The van der Waals surface area contributed by atoms with Gasteiger partial charge in [-0.05, 0) is 31.5 Å². The number of benzene rings is 1. The van der Waals surface area contributed by atoms with Gasteiger partial charge in [-0.25, -0.2) is 9.59 Å². The van der Waals surface area contributed by atoms with Crippen molar-refractivity contribution in [3.05, 3.63) is 39.7 Å². The van der Waals surface area contributed by atoms with Crippen LogP contribution in [0.4, 0.5) is 0 Å². The Morgan fingerprint density at radius 3 is 2.50 bits per heavy atom. The predicted octanol–water partition coefficient (Wildman–Crippen LogP) is 0.833. The smallest absolute Gasteiger partial charge is 0.339 e. The summed E-state index contributed by atoms with van der Waals surface area (Å²) in [5.41, 5.74) is 1.11. The number of nitrogens with one attached hydrogen (secondary N) is 1. The summed E-state index contributed by atoms with van der Waals surface area (Å²) >= 11 is 0. The van der Waals surface area contributed by atoms with E-state index >= 15 is 0 Å². The van der Waals surface area contributed by atoms with E-state index in [4.69, 9.17) is 19.4 Å². The summed E-state index contributed by atoms with van der Waals surface area (Å²) in [6.45, 7) is 2.92. The Morgan fingerprint density at radius 2 is 1.88 bits per heavy atom. The third kappa shape index (κ3) is 4.38. The van der Waals surface area contributed by atoms with Gasteiger partial charge in [0.2, 0.25) is 0 Å². The van der Waals surface area contributed by atoms with Crippen LogP contribution in [0.3, 0.4) is 0 Å². The van der Waals surface area contributed by atoms with Crippen LogP contribution in [0.5, 0.6) is 5.75 Å². The van der Waals surface area contributed by atoms with Gasteiger partial charge in [0.15, 0.2) is 6.61 Å². The largest absolute Gasteiger partial charge is 0.484 e. The van der Waals surface area contributed by atoms with Gasteiger partial charge in [0, 0.05) is 17.0 Å². The van der Waals surface area contributed by atoms with Gasteiger partial charge >= 0.3 is 17.6 Å². The fraction of sp³-hybridized carbons (Fsp3) is 0.294. The average Bonchev–Trinajstić information content (AvgIpc) is 2.56. The SMILES string of the molecule is Cc1c(C)c2ccc(OCC(=O)N[C@@H](CC(=O)O)C(=O)O)cc2oc1=O. The minimum absolute atomic E-state index is 0.240. The highest BCUT2D eigenvalue weighted by atomic mass is 16.5. The van der Waals surface area contributed by atoms with E-state index in [9.17, 15) is 19.2 Å².